The van der Waals surface area contributed by atoms with Gasteiger partial charge in [-0.25, -0.2) is 9.37 Å². The molecule has 160 valence electrons. The summed E-state index contributed by atoms with van der Waals surface area (Å²) in [6.07, 6.45) is 9.19. The van der Waals surface area contributed by atoms with Gasteiger partial charge in [-0.05, 0) is 60.2 Å². The van der Waals surface area contributed by atoms with E-state index in [1.807, 2.05) is 12.1 Å². The van der Waals surface area contributed by atoms with Gasteiger partial charge in [0.05, 0.1) is 12.7 Å². The van der Waals surface area contributed by atoms with Gasteiger partial charge in [-0.15, -0.1) is 0 Å². The highest BCUT2D eigenvalue weighted by Crippen LogP contribution is 2.32. The minimum Gasteiger partial charge on any atom is -0.496 e. The maximum absolute atomic E-state index is 14.4. The van der Waals surface area contributed by atoms with Crippen LogP contribution >= 0.6 is 0 Å². The largest absolute Gasteiger partial charge is 0.496 e. The van der Waals surface area contributed by atoms with E-state index in [2.05, 4.69) is 10.3 Å². The summed E-state index contributed by atoms with van der Waals surface area (Å²) in [4.78, 5) is 30.2. The molecule has 1 aromatic carbocycles. The molecule has 0 fully saturated rings. The van der Waals surface area contributed by atoms with Crippen molar-refractivity contribution >= 4 is 29.3 Å². The zero-order chi connectivity index (χ0) is 21.8. The SMILES string of the molecule is COc1cccc(F)c1C1=CCCN(C(=O)C=Cc2cnc3c(c2)CCC(=O)N3)CC1. The Balaban J connectivity index is 1.42. The second-order valence-electron chi connectivity index (χ2n) is 7.57. The third-order valence-electron chi connectivity index (χ3n) is 5.55. The maximum Gasteiger partial charge on any atom is 0.246 e. The van der Waals surface area contributed by atoms with E-state index >= 15 is 0 Å². The lowest BCUT2D eigenvalue weighted by atomic mass is 10.0. The van der Waals surface area contributed by atoms with E-state index in [0.717, 1.165) is 16.7 Å². The zero-order valence-electron chi connectivity index (χ0n) is 17.4. The van der Waals surface area contributed by atoms with E-state index in [9.17, 15) is 14.0 Å². The molecule has 0 bridgehead atoms. The Bertz CT molecular complexity index is 1080. The van der Waals surface area contributed by atoms with E-state index in [4.69, 9.17) is 4.74 Å². The fraction of sp³-hybridized carbons (Fsp3) is 0.292. The number of carbonyl (C=O) groups excluding carboxylic acids is 2. The van der Waals surface area contributed by atoms with Gasteiger partial charge in [-0.3, -0.25) is 9.59 Å². The summed E-state index contributed by atoms with van der Waals surface area (Å²) in [5.41, 5.74) is 3.11. The van der Waals surface area contributed by atoms with Gasteiger partial charge in [-0.1, -0.05) is 12.1 Å². The first-order valence-corrected chi connectivity index (χ1v) is 10.3. The molecule has 1 aromatic heterocycles. The highest BCUT2D eigenvalue weighted by atomic mass is 19.1. The number of ether oxygens (including phenoxy) is 1. The molecule has 7 heteroatoms. The Morgan fingerprint density at radius 2 is 2.13 bits per heavy atom. The van der Waals surface area contributed by atoms with Gasteiger partial charge >= 0.3 is 0 Å². The zero-order valence-corrected chi connectivity index (χ0v) is 17.4. The number of pyridine rings is 1. The van der Waals surface area contributed by atoms with Crippen molar-refractivity contribution in [3.8, 4) is 5.75 Å². The number of methoxy groups -OCH3 is 1. The van der Waals surface area contributed by atoms with Crippen LogP contribution in [0.2, 0.25) is 0 Å². The molecule has 0 saturated heterocycles. The smallest absolute Gasteiger partial charge is 0.246 e. The maximum atomic E-state index is 14.4. The monoisotopic (exact) mass is 421 g/mol. The standard InChI is InChI=1S/C24H24FN3O3/c1-31-20-6-2-5-19(25)23(20)17-4-3-12-28(13-11-17)22(30)10-7-16-14-18-8-9-21(29)27-24(18)26-15-16/h2,4-7,10,14-15H,3,8-9,11-13H2,1H3,(H,26,27,29). The van der Waals surface area contributed by atoms with Gasteiger partial charge in [0.2, 0.25) is 11.8 Å². The molecule has 2 aliphatic rings. The predicted molar refractivity (Wildman–Crippen MR) is 117 cm³/mol. The lowest BCUT2D eigenvalue weighted by molar-refractivity contribution is -0.125. The minimum absolute atomic E-state index is 0.0272. The summed E-state index contributed by atoms with van der Waals surface area (Å²) >= 11 is 0. The molecule has 0 unspecified atom stereocenters. The summed E-state index contributed by atoms with van der Waals surface area (Å²) in [5.74, 6) is 0.652. The Morgan fingerprint density at radius 1 is 1.26 bits per heavy atom. The van der Waals surface area contributed by atoms with Crippen LogP contribution in [0, 0.1) is 5.82 Å². The van der Waals surface area contributed by atoms with E-state index in [1.165, 1.54) is 13.2 Å². The van der Waals surface area contributed by atoms with E-state index in [0.29, 0.717) is 55.9 Å². The molecular formula is C24H24FN3O3. The first-order valence-electron chi connectivity index (χ1n) is 10.3. The number of hydrogen-bond donors (Lipinski definition) is 1. The Kier molecular flexibility index (Phi) is 6.11. The number of anilines is 1. The molecule has 0 saturated carbocycles. The molecular weight excluding hydrogens is 397 g/mol. The van der Waals surface area contributed by atoms with Gasteiger partial charge in [0.25, 0.3) is 0 Å². The summed E-state index contributed by atoms with van der Waals surface area (Å²) in [6.45, 7) is 1.07. The van der Waals surface area contributed by atoms with Crippen LogP contribution in [0.1, 0.15) is 36.0 Å². The lowest BCUT2D eigenvalue weighted by Crippen LogP contribution is -2.30. The quantitative estimate of drug-likeness (QED) is 0.762. The highest BCUT2D eigenvalue weighted by molar-refractivity contribution is 5.94. The molecule has 2 aliphatic heterocycles. The van der Waals surface area contributed by atoms with Crippen LogP contribution in [-0.4, -0.2) is 41.9 Å². The van der Waals surface area contributed by atoms with Crippen molar-refractivity contribution in [1.29, 1.82) is 0 Å². The fourth-order valence-electron chi connectivity index (χ4n) is 3.94. The van der Waals surface area contributed by atoms with Gasteiger partial charge in [-0.2, -0.15) is 0 Å². The van der Waals surface area contributed by atoms with E-state index < -0.39 is 0 Å². The number of aryl methyl sites for hydroxylation is 1. The molecule has 2 aromatic rings. The van der Waals surface area contributed by atoms with E-state index in [-0.39, 0.29) is 17.6 Å². The average Bonchev–Trinajstić information content (AvgIpc) is 3.03. The number of aromatic nitrogens is 1. The number of hydrogen-bond acceptors (Lipinski definition) is 4. The number of nitrogens with one attached hydrogen (secondary N) is 1. The van der Waals surface area contributed by atoms with E-state index in [1.54, 1.807) is 35.4 Å². The highest BCUT2D eigenvalue weighted by Gasteiger charge is 2.20. The summed E-state index contributed by atoms with van der Waals surface area (Å²) < 4.78 is 19.7. The van der Waals surface area contributed by atoms with Crippen molar-refractivity contribution < 1.29 is 18.7 Å². The Morgan fingerprint density at radius 3 is 2.97 bits per heavy atom. The number of benzene rings is 1. The van der Waals surface area contributed by atoms with Crippen molar-refractivity contribution in [2.75, 3.05) is 25.5 Å². The molecule has 0 spiro atoms. The van der Waals surface area contributed by atoms with Crippen LogP contribution in [0.15, 0.2) is 42.6 Å². The topological polar surface area (TPSA) is 71.5 Å². The number of rotatable bonds is 4. The van der Waals surface area contributed by atoms with Crippen LogP contribution < -0.4 is 10.1 Å². The third kappa shape index (κ3) is 4.66. The van der Waals surface area contributed by atoms with Crippen molar-refractivity contribution in [2.24, 2.45) is 0 Å². The molecule has 1 N–H and O–H groups in total. The minimum atomic E-state index is -0.318. The Hall–Kier alpha value is -3.48. The van der Waals surface area contributed by atoms with Crippen LogP contribution in [0.3, 0.4) is 0 Å². The molecule has 0 aliphatic carbocycles. The lowest BCUT2D eigenvalue weighted by Gasteiger charge is -2.19. The first-order chi connectivity index (χ1) is 15.0. The average molecular weight is 421 g/mol. The van der Waals surface area contributed by atoms with Crippen molar-refractivity contribution in [1.82, 2.24) is 9.88 Å². The molecule has 6 nitrogen and oxygen atoms in total. The van der Waals surface area contributed by atoms with Crippen LogP contribution in [0.25, 0.3) is 11.6 Å². The van der Waals surface area contributed by atoms with Gasteiger partial charge in [0.1, 0.15) is 17.4 Å². The number of amides is 2. The molecule has 31 heavy (non-hydrogen) atoms. The predicted octanol–water partition coefficient (Wildman–Crippen LogP) is 3.83. The molecule has 0 atom stereocenters. The van der Waals surface area contributed by atoms with Crippen molar-refractivity contribution in [3.05, 3.63) is 65.1 Å². The summed E-state index contributed by atoms with van der Waals surface area (Å²) in [6, 6.07) is 6.73. The summed E-state index contributed by atoms with van der Waals surface area (Å²) in [5, 5.41) is 2.75. The first kappa shape index (κ1) is 20.8. The molecule has 2 amide bonds. The van der Waals surface area contributed by atoms with Crippen LogP contribution in [0.5, 0.6) is 5.75 Å². The second kappa shape index (κ2) is 9.12. The fourth-order valence-corrected chi connectivity index (χ4v) is 3.94. The number of halogens is 1. The number of fused-ring (bicyclic) bond motifs is 1. The number of nitrogens with zero attached hydrogens (tertiary/aromatic N) is 2. The Labute approximate surface area is 180 Å². The molecule has 0 radical (unpaired) electrons. The summed E-state index contributed by atoms with van der Waals surface area (Å²) in [7, 11) is 1.53. The van der Waals surface area contributed by atoms with Crippen LogP contribution in [-0.2, 0) is 16.0 Å². The normalized spacial score (nSPS) is 16.4. The number of carbonyl (C=O) groups is 2. The second-order valence-corrected chi connectivity index (χ2v) is 7.57. The van der Waals surface area contributed by atoms with Crippen LogP contribution in [0.4, 0.5) is 10.2 Å². The van der Waals surface area contributed by atoms with Crippen molar-refractivity contribution in [3.63, 3.8) is 0 Å². The van der Waals surface area contributed by atoms with Gasteiger partial charge in [0, 0.05) is 31.8 Å². The van der Waals surface area contributed by atoms with Gasteiger partial charge in [0.15, 0.2) is 0 Å². The van der Waals surface area contributed by atoms with Gasteiger partial charge < -0.3 is 15.0 Å². The van der Waals surface area contributed by atoms with Crippen molar-refractivity contribution in [2.45, 2.75) is 25.7 Å². The molecule has 3 heterocycles. The molecule has 4 rings (SSSR count). The third-order valence-corrected chi connectivity index (χ3v) is 5.55.